The summed E-state index contributed by atoms with van der Waals surface area (Å²) in [5.74, 6) is -0.291. The lowest BCUT2D eigenvalue weighted by Crippen LogP contribution is -2.15. The van der Waals surface area contributed by atoms with E-state index in [9.17, 15) is 9.59 Å². The number of hydrogen-bond acceptors (Lipinski definition) is 4. The number of esters is 2. The fourth-order valence-electron chi connectivity index (χ4n) is 2.79. The molecule has 0 bridgehead atoms. The second-order valence-corrected chi connectivity index (χ2v) is 6.67. The molecule has 25 heavy (non-hydrogen) atoms. The van der Waals surface area contributed by atoms with E-state index in [0.29, 0.717) is 6.42 Å². The topological polar surface area (TPSA) is 52.6 Å². The molecular weight excluding hydrogens is 316 g/mol. The predicted octanol–water partition coefficient (Wildman–Crippen LogP) is 5.74. The quantitative estimate of drug-likeness (QED) is 0.201. The molecule has 0 heterocycles. The van der Waals surface area contributed by atoms with Crippen LogP contribution in [-0.2, 0) is 19.1 Å². The first-order chi connectivity index (χ1) is 12.1. The summed E-state index contributed by atoms with van der Waals surface area (Å²) in [5.41, 5.74) is 0. The number of methoxy groups -OCH3 is 1. The van der Waals surface area contributed by atoms with Crippen LogP contribution in [0.15, 0.2) is 12.2 Å². The fourth-order valence-corrected chi connectivity index (χ4v) is 2.79. The summed E-state index contributed by atoms with van der Waals surface area (Å²) in [6, 6.07) is 0. The first-order valence-corrected chi connectivity index (χ1v) is 9.99. The summed E-state index contributed by atoms with van der Waals surface area (Å²) in [6.45, 7) is 3.69. The van der Waals surface area contributed by atoms with E-state index in [4.69, 9.17) is 4.74 Å². The molecule has 0 amide bonds. The van der Waals surface area contributed by atoms with Gasteiger partial charge in [-0.15, -0.1) is 0 Å². The van der Waals surface area contributed by atoms with Gasteiger partial charge in [-0.1, -0.05) is 57.6 Å². The SMILES string of the molecule is CCCCCCC(C/C=C\CCCCCCCC(=O)OC)OC(C)=O. The molecule has 0 fully saturated rings. The molecule has 1 atom stereocenters. The molecule has 0 spiro atoms. The number of carbonyl (C=O) groups excluding carboxylic acids is 2. The molecule has 0 saturated carbocycles. The van der Waals surface area contributed by atoms with Gasteiger partial charge in [-0.3, -0.25) is 9.59 Å². The Morgan fingerprint density at radius 1 is 0.920 bits per heavy atom. The summed E-state index contributed by atoms with van der Waals surface area (Å²) < 4.78 is 10.0. The Balaban J connectivity index is 3.68. The number of unbranched alkanes of at least 4 members (excludes halogenated alkanes) is 8. The van der Waals surface area contributed by atoms with Gasteiger partial charge in [0.1, 0.15) is 6.10 Å². The van der Waals surface area contributed by atoms with Crippen LogP contribution in [0.2, 0.25) is 0 Å². The monoisotopic (exact) mass is 354 g/mol. The number of rotatable bonds is 16. The highest BCUT2D eigenvalue weighted by molar-refractivity contribution is 5.68. The average molecular weight is 355 g/mol. The molecule has 0 aliphatic heterocycles. The fraction of sp³-hybridized carbons (Fsp3) is 0.810. The van der Waals surface area contributed by atoms with Gasteiger partial charge in [-0.25, -0.2) is 0 Å². The summed E-state index contributed by atoms with van der Waals surface area (Å²) in [6.07, 6.45) is 18.1. The van der Waals surface area contributed by atoms with Gasteiger partial charge in [-0.05, 0) is 32.1 Å². The van der Waals surface area contributed by atoms with Crippen LogP contribution in [0.3, 0.4) is 0 Å². The number of allylic oxidation sites excluding steroid dienone is 1. The lowest BCUT2D eigenvalue weighted by molar-refractivity contribution is -0.146. The van der Waals surface area contributed by atoms with Gasteiger partial charge in [0, 0.05) is 19.8 Å². The van der Waals surface area contributed by atoms with Crippen LogP contribution in [0.1, 0.15) is 97.3 Å². The Morgan fingerprint density at radius 2 is 1.60 bits per heavy atom. The Morgan fingerprint density at radius 3 is 2.28 bits per heavy atom. The summed E-state index contributed by atoms with van der Waals surface area (Å²) >= 11 is 0. The molecule has 0 aliphatic rings. The van der Waals surface area contributed by atoms with E-state index in [1.54, 1.807) is 0 Å². The Kier molecular flexibility index (Phi) is 16.6. The molecule has 146 valence electrons. The highest BCUT2D eigenvalue weighted by atomic mass is 16.5. The van der Waals surface area contributed by atoms with Crippen molar-refractivity contribution in [1.29, 1.82) is 0 Å². The van der Waals surface area contributed by atoms with Crippen molar-refractivity contribution in [3.63, 3.8) is 0 Å². The molecule has 0 radical (unpaired) electrons. The van der Waals surface area contributed by atoms with E-state index in [1.807, 2.05) is 0 Å². The minimum atomic E-state index is -0.180. The molecule has 0 aromatic carbocycles. The van der Waals surface area contributed by atoms with E-state index < -0.39 is 0 Å². The average Bonchev–Trinajstić information content (AvgIpc) is 2.59. The van der Waals surface area contributed by atoms with Crippen molar-refractivity contribution < 1.29 is 19.1 Å². The predicted molar refractivity (Wildman–Crippen MR) is 102 cm³/mol. The van der Waals surface area contributed by atoms with Crippen LogP contribution in [0.25, 0.3) is 0 Å². The van der Waals surface area contributed by atoms with E-state index in [1.165, 1.54) is 52.6 Å². The largest absolute Gasteiger partial charge is 0.469 e. The van der Waals surface area contributed by atoms with E-state index in [-0.39, 0.29) is 18.0 Å². The lowest BCUT2D eigenvalue weighted by atomic mass is 10.1. The lowest BCUT2D eigenvalue weighted by Gasteiger charge is -2.15. The maximum absolute atomic E-state index is 11.2. The highest BCUT2D eigenvalue weighted by Gasteiger charge is 2.09. The van der Waals surface area contributed by atoms with Crippen molar-refractivity contribution in [2.75, 3.05) is 7.11 Å². The van der Waals surface area contributed by atoms with Gasteiger partial charge >= 0.3 is 11.9 Å². The Hall–Kier alpha value is -1.32. The Labute approximate surface area is 154 Å². The molecule has 0 saturated heterocycles. The maximum Gasteiger partial charge on any atom is 0.305 e. The molecule has 0 aromatic heterocycles. The van der Waals surface area contributed by atoms with Gasteiger partial charge in [-0.2, -0.15) is 0 Å². The second-order valence-electron chi connectivity index (χ2n) is 6.67. The van der Waals surface area contributed by atoms with Gasteiger partial charge in [0.05, 0.1) is 7.11 Å². The van der Waals surface area contributed by atoms with Crippen molar-refractivity contribution in [2.45, 2.75) is 103 Å². The highest BCUT2D eigenvalue weighted by Crippen LogP contribution is 2.13. The number of carbonyl (C=O) groups is 2. The number of hydrogen-bond donors (Lipinski definition) is 0. The van der Waals surface area contributed by atoms with Crippen LogP contribution >= 0.6 is 0 Å². The molecule has 0 rings (SSSR count). The molecule has 4 heteroatoms. The van der Waals surface area contributed by atoms with Crippen LogP contribution in [0.5, 0.6) is 0 Å². The maximum atomic E-state index is 11.2. The van der Waals surface area contributed by atoms with Gasteiger partial charge in [0.2, 0.25) is 0 Å². The number of ether oxygens (including phenoxy) is 2. The van der Waals surface area contributed by atoms with Gasteiger partial charge in [0.15, 0.2) is 0 Å². The first kappa shape index (κ1) is 23.7. The standard InChI is InChI=1S/C21H38O4/c1-4-5-6-13-16-20(25-19(2)22)17-14-11-9-7-8-10-12-15-18-21(23)24-3/h11,14,20H,4-10,12-13,15-18H2,1-3H3/b14-11-. The normalized spacial score (nSPS) is 12.3. The van der Waals surface area contributed by atoms with Crippen molar-refractivity contribution in [1.82, 2.24) is 0 Å². The summed E-state index contributed by atoms with van der Waals surface area (Å²) in [7, 11) is 1.44. The minimum Gasteiger partial charge on any atom is -0.469 e. The van der Waals surface area contributed by atoms with Crippen molar-refractivity contribution >= 4 is 11.9 Å². The van der Waals surface area contributed by atoms with E-state index in [2.05, 4.69) is 23.8 Å². The summed E-state index contributed by atoms with van der Waals surface area (Å²) in [4.78, 5) is 22.2. The molecule has 0 aromatic rings. The van der Waals surface area contributed by atoms with Crippen LogP contribution < -0.4 is 0 Å². The zero-order valence-electron chi connectivity index (χ0n) is 16.6. The van der Waals surface area contributed by atoms with Gasteiger partial charge < -0.3 is 9.47 Å². The third kappa shape index (κ3) is 17.3. The third-order valence-electron chi connectivity index (χ3n) is 4.26. The van der Waals surface area contributed by atoms with Crippen molar-refractivity contribution in [3.8, 4) is 0 Å². The smallest absolute Gasteiger partial charge is 0.305 e. The van der Waals surface area contributed by atoms with Crippen LogP contribution in [0, 0.1) is 0 Å². The Bertz CT molecular complexity index is 363. The minimum absolute atomic E-state index is 0.0314. The third-order valence-corrected chi connectivity index (χ3v) is 4.26. The second kappa shape index (κ2) is 17.5. The molecular formula is C21H38O4. The molecule has 0 aliphatic carbocycles. The van der Waals surface area contributed by atoms with E-state index >= 15 is 0 Å². The van der Waals surface area contributed by atoms with Crippen LogP contribution in [0.4, 0.5) is 0 Å². The molecule has 1 unspecified atom stereocenters. The zero-order chi connectivity index (χ0) is 18.8. The summed E-state index contributed by atoms with van der Waals surface area (Å²) in [5, 5.41) is 0. The van der Waals surface area contributed by atoms with E-state index in [0.717, 1.165) is 38.5 Å². The first-order valence-electron chi connectivity index (χ1n) is 9.99. The van der Waals surface area contributed by atoms with Gasteiger partial charge in [0.25, 0.3) is 0 Å². The van der Waals surface area contributed by atoms with Crippen molar-refractivity contribution in [2.24, 2.45) is 0 Å². The van der Waals surface area contributed by atoms with Crippen molar-refractivity contribution in [3.05, 3.63) is 12.2 Å². The zero-order valence-corrected chi connectivity index (χ0v) is 16.6. The van der Waals surface area contributed by atoms with Crippen LogP contribution in [-0.4, -0.2) is 25.2 Å². The molecule has 4 nitrogen and oxygen atoms in total. The molecule has 0 N–H and O–H groups in total.